The van der Waals surface area contributed by atoms with Crippen LogP contribution in [0.3, 0.4) is 0 Å². The average Bonchev–Trinajstić information content (AvgIpc) is 3.36. The molecule has 38 heavy (non-hydrogen) atoms. The lowest BCUT2D eigenvalue weighted by atomic mass is 9.99. The monoisotopic (exact) mass is 501 g/mol. The van der Waals surface area contributed by atoms with E-state index in [9.17, 15) is 0 Å². The molecule has 2 N–H and O–H groups in total. The zero-order chi connectivity index (χ0) is 26.5. The summed E-state index contributed by atoms with van der Waals surface area (Å²) < 4.78 is 2.13. The number of aromatic nitrogens is 5. The van der Waals surface area contributed by atoms with Crippen molar-refractivity contribution in [2.75, 3.05) is 17.7 Å². The minimum atomic E-state index is -0.144. The fourth-order valence-electron chi connectivity index (χ4n) is 4.60. The van der Waals surface area contributed by atoms with Gasteiger partial charge < -0.3 is 15.2 Å². The van der Waals surface area contributed by atoms with Crippen molar-refractivity contribution >= 4 is 33.4 Å². The van der Waals surface area contributed by atoms with E-state index in [2.05, 4.69) is 90.8 Å². The van der Waals surface area contributed by atoms with Gasteiger partial charge in [0.15, 0.2) is 0 Å². The predicted octanol–water partition coefficient (Wildman–Crippen LogP) is 6.85. The molecule has 0 saturated carbocycles. The van der Waals surface area contributed by atoms with Crippen molar-refractivity contribution in [1.29, 1.82) is 0 Å². The summed E-state index contributed by atoms with van der Waals surface area (Å²) in [5.74, 6) is 0.822. The lowest BCUT2D eigenvalue weighted by Gasteiger charge is -2.21. The first kappa shape index (κ1) is 24.9. The molecular formula is C31H31N7. The van der Waals surface area contributed by atoms with E-state index in [-0.39, 0.29) is 6.04 Å². The highest BCUT2D eigenvalue weighted by Crippen LogP contribution is 2.34. The molecule has 7 nitrogen and oxygen atoms in total. The molecule has 4 aromatic heterocycles. The predicted molar refractivity (Wildman–Crippen MR) is 156 cm³/mol. The number of nitrogens with zero attached hydrogens (tertiary/aromatic N) is 5. The molecule has 190 valence electrons. The van der Waals surface area contributed by atoms with E-state index >= 15 is 0 Å². The van der Waals surface area contributed by atoms with Gasteiger partial charge >= 0.3 is 0 Å². The Labute approximate surface area is 222 Å². The van der Waals surface area contributed by atoms with Crippen LogP contribution in [-0.2, 0) is 7.05 Å². The number of nitrogens with one attached hydrogen (secondary N) is 2. The Kier molecular flexibility index (Phi) is 7.26. The zero-order valence-electron chi connectivity index (χ0n) is 22.1. The third-order valence-electron chi connectivity index (χ3n) is 6.48. The Morgan fingerprint density at radius 3 is 2.42 bits per heavy atom. The van der Waals surface area contributed by atoms with Crippen molar-refractivity contribution in [2.45, 2.75) is 19.9 Å². The van der Waals surface area contributed by atoms with Gasteiger partial charge in [0.1, 0.15) is 5.82 Å². The molecule has 2 aromatic carbocycles. The average molecular weight is 502 g/mol. The standard InChI is InChI=1S/C29H25N7.C2H6/c1-30-27-8-7-22(18-34-27)28(21-4-3-10-31-17-21)35-23-15-24(29-25(16-23)32-11-12-33-29)20-6-5-19-9-13-36(2)26(19)14-20;1-2/h3-18,28,35H,1-2H3,(H,30,34);1-2H3. The van der Waals surface area contributed by atoms with Crippen molar-refractivity contribution in [3.05, 3.63) is 109 Å². The molecule has 0 amide bonds. The second kappa shape index (κ2) is 11.1. The molecule has 1 unspecified atom stereocenters. The minimum Gasteiger partial charge on any atom is -0.374 e. The lowest BCUT2D eigenvalue weighted by Crippen LogP contribution is -2.13. The van der Waals surface area contributed by atoms with E-state index in [0.717, 1.165) is 44.8 Å². The van der Waals surface area contributed by atoms with Gasteiger partial charge in [-0.2, -0.15) is 0 Å². The largest absolute Gasteiger partial charge is 0.374 e. The van der Waals surface area contributed by atoms with Crippen LogP contribution < -0.4 is 10.6 Å². The van der Waals surface area contributed by atoms with Crippen LogP contribution in [0, 0.1) is 0 Å². The summed E-state index contributed by atoms with van der Waals surface area (Å²) in [6.45, 7) is 4.00. The van der Waals surface area contributed by atoms with Crippen LogP contribution in [-0.4, -0.2) is 31.6 Å². The normalized spacial score (nSPS) is 11.6. The highest BCUT2D eigenvalue weighted by Gasteiger charge is 2.17. The van der Waals surface area contributed by atoms with Crippen molar-refractivity contribution in [2.24, 2.45) is 7.05 Å². The van der Waals surface area contributed by atoms with Crippen LogP contribution in [0.15, 0.2) is 97.8 Å². The molecule has 0 spiro atoms. The number of anilines is 2. The Morgan fingerprint density at radius 1 is 0.816 bits per heavy atom. The number of aryl methyl sites for hydroxylation is 1. The summed E-state index contributed by atoms with van der Waals surface area (Å²) in [4.78, 5) is 18.2. The van der Waals surface area contributed by atoms with E-state index in [1.54, 1.807) is 18.6 Å². The maximum Gasteiger partial charge on any atom is 0.125 e. The van der Waals surface area contributed by atoms with Crippen molar-refractivity contribution in [3.8, 4) is 11.1 Å². The number of fused-ring (bicyclic) bond motifs is 2. The number of hydrogen-bond acceptors (Lipinski definition) is 6. The van der Waals surface area contributed by atoms with Gasteiger partial charge in [-0.1, -0.05) is 38.1 Å². The SMILES string of the molecule is CC.CNc1ccc(C(Nc2cc(-c3ccc4ccn(C)c4c3)c3nccnc3c2)c2cccnc2)cn1. The Bertz CT molecular complexity index is 1660. The first-order valence-electron chi connectivity index (χ1n) is 12.8. The Morgan fingerprint density at radius 2 is 1.66 bits per heavy atom. The fourth-order valence-corrected chi connectivity index (χ4v) is 4.60. The number of benzene rings is 2. The van der Waals surface area contributed by atoms with Gasteiger partial charge in [0.05, 0.1) is 17.1 Å². The van der Waals surface area contributed by atoms with Crippen molar-refractivity contribution in [3.63, 3.8) is 0 Å². The summed E-state index contributed by atoms with van der Waals surface area (Å²) >= 11 is 0. The van der Waals surface area contributed by atoms with Crippen molar-refractivity contribution in [1.82, 2.24) is 24.5 Å². The molecule has 0 fully saturated rings. The first-order valence-corrected chi connectivity index (χ1v) is 12.8. The molecule has 6 aromatic rings. The summed E-state index contributed by atoms with van der Waals surface area (Å²) in [5.41, 5.74) is 8.02. The van der Waals surface area contributed by atoms with Crippen LogP contribution in [0.4, 0.5) is 11.5 Å². The Balaban J connectivity index is 0.00000144. The summed E-state index contributed by atoms with van der Waals surface area (Å²) in [5, 5.41) is 8.01. The van der Waals surface area contributed by atoms with Crippen LogP contribution in [0.1, 0.15) is 31.0 Å². The molecule has 7 heteroatoms. The maximum atomic E-state index is 4.68. The van der Waals surface area contributed by atoms with E-state index in [1.807, 2.05) is 51.5 Å². The molecule has 0 saturated heterocycles. The summed E-state index contributed by atoms with van der Waals surface area (Å²) in [6, 6.07) is 20.8. The third kappa shape index (κ3) is 4.91. The molecule has 0 bridgehead atoms. The number of rotatable bonds is 6. The summed E-state index contributed by atoms with van der Waals surface area (Å²) in [6.07, 6.45) is 11.1. The topological polar surface area (TPSA) is 80.5 Å². The molecule has 6 rings (SSSR count). The highest BCUT2D eigenvalue weighted by atomic mass is 15.0. The number of hydrogen-bond donors (Lipinski definition) is 2. The second-order valence-electron chi connectivity index (χ2n) is 8.74. The Hall–Kier alpha value is -4.78. The first-order chi connectivity index (χ1) is 18.7. The van der Waals surface area contributed by atoms with E-state index in [1.165, 1.54) is 10.9 Å². The van der Waals surface area contributed by atoms with Gasteiger partial charge in [-0.25, -0.2) is 4.98 Å². The van der Waals surface area contributed by atoms with Gasteiger partial charge in [-0.3, -0.25) is 15.0 Å². The minimum absolute atomic E-state index is 0.144. The van der Waals surface area contributed by atoms with Crippen LogP contribution in [0.25, 0.3) is 33.1 Å². The van der Waals surface area contributed by atoms with Crippen LogP contribution >= 0.6 is 0 Å². The maximum absolute atomic E-state index is 4.68. The smallest absolute Gasteiger partial charge is 0.125 e. The molecule has 0 aliphatic heterocycles. The van der Waals surface area contributed by atoms with E-state index in [0.29, 0.717) is 0 Å². The molecular weight excluding hydrogens is 470 g/mol. The quantitative estimate of drug-likeness (QED) is 0.260. The fraction of sp³-hybridized carbons (Fsp3) is 0.161. The highest BCUT2D eigenvalue weighted by molar-refractivity contribution is 5.97. The molecule has 1 atom stereocenters. The molecule has 0 aliphatic carbocycles. The zero-order valence-corrected chi connectivity index (χ0v) is 22.1. The van der Waals surface area contributed by atoms with Crippen LogP contribution in [0.5, 0.6) is 0 Å². The summed E-state index contributed by atoms with van der Waals surface area (Å²) in [7, 11) is 3.93. The van der Waals surface area contributed by atoms with Gasteiger partial charge in [0, 0.05) is 68.0 Å². The molecule has 4 heterocycles. The van der Waals surface area contributed by atoms with Crippen molar-refractivity contribution < 1.29 is 0 Å². The van der Waals surface area contributed by atoms with Gasteiger partial charge in [0.25, 0.3) is 0 Å². The number of pyridine rings is 2. The molecule has 0 aliphatic rings. The second-order valence-corrected chi connectivity index (χ2v) is 8.74. The van der Waals surface area contributed by atoms with Crippen LogP contribution in [0.2, 0.25) is 0 Å². The lowest BCUT2D eigenvalue weighted by molar-refractivity contribution is 0.918. The molecule has 0 radical (unpaired) electrons. The van der Waals surface area contributed by atoms with Gasteiger partial charge in [0.2, 0.25) is 0 Å². The van der Waals surface area contributed by atoms with E-state index < -0.39 is 0 Å². The third-order valence-corrected chi connectivity index (χ3v) is 6.48. The van der Waals surface area contributed by atoms with Gasteiger partial charge in [-0.05, 0) is 58.5 Å². The van der Waals surface area contributed by atoms with E-state index in [4.69, 9.17) is 0 Å². The van der Waals surface area contributed by atoms with Gasteiger partial charge in [-0.15, -0.1) is 0 Å².